The Labute approximate surface area is 61.7 Å². The van der Waals surface area contributed by atoms with Crippen molar-refractivity contribution in [2.75, 3.05) is 0 Å². The highest BCUT2D eigenvalue weighted by molar-refractivity contribution is 5.09. The van der Waals surface area contributed by atoms with Gasteiger partial charge in [0.2, 0.25) is 5.95 Å². The fourth-order valence-corrected chi connectivity index (χ4v) is 0.876. The van der Waals surface area contributed by atoms with E-state index < -0.39 is 0 Å². The summed E-state index contributed by atoms with van der Waals surface area (Å²) in [5, 5.41) is 0. The lowest BCUT2D eigenvalue weighted by Crippen LogP contribution is -2.14. The van der Waals surface area contributed by atoms with E-state index in [-0.39, 0.29) is 5.69 Å². The summed E-state index contributed by atoms with van der Waals surface area (Å²) in [6.45, 7) is 0. The molecule has 0 bridgehead atoms. The number of nitrogens with one attached hydrogen (secondary N) is 2. The van der Waals surface area contributed by atoms with Gasteiger partial charge in [-0.15, -0.1) is 0 Å². The lowest BCUT2D eigenvalue weighted by atomic mass is 10.8. The molecule has 2 heterocycles. The summed E-state index contributed by atoms with van der Waals surface area (Å²) in [6.07, 6.45) is 6.43. The van der Waals surface area contributed by atoms with Gasteiger partial charge in [-0.2, -0.15) is 0 Å². The third-order valence-electron chi connectivity index (χ3n) is 1.36. The Morgan fingerprint density at radius 3 is 2.82 bits per heavy atom. The Kier molecular flexibility index (Phi) is 1.15. The molecule has 2 rings (SSSR count). The van der Waals surface area contributed by atoms with Crippen molar-refractivity contribution in [3.8, 4) is 5.95 Å². The molecule has 0 spiro atoms. The minimum absolute atomic E-state index is 0.194. The van der Waals surface area contributed by atoms with Gasteiger partial charge in [-0.1, -0.05) is 0 Å². The molecular formula is C6H6N4O. The van der Waals surface area contributed by atoms with Crippen LogP contribution in [0.5, 0.6) is 0 Å². The summed E-state index contributed by atoms with van der Waals surface area (Å²) in [5.41, 5.74) is -0.194. The summed E-state index contributed by atoms with van der Waals surface area (Å²) in [5.74, 6) is 0.524. The number of hydrogen-bond donors (Lipinski definition) is 2. The molecule has 2 aromatic heterocycles. The lowest BCUT2D eigenvalue weighted by Gasteiger charge is -1.90. The maximum Gasteiger partial charge on any atom is 0.332 e. The standard InChI is InChI=1S/C6H6N4O/c11-6-9-3-4-10(6)5-7-1-2-8-5/h1-4H,(H,7,8)(H,9,11). The maximum absolute atomic E-state index is 11.0. The zero-order chi connectivity index (χ0) is 7.68. The summed E-state index contributed by atoms with van der Waals surface area (Å²) in [7, 11) is 0. The van der Waals surface area contributed by atoms with E-state index in [1.807, 2.05) is 0 Å². The molecule has 5 nitrogen and oxygen atoms in total. The fraction of sp³-hybridized carbons (Fsp3) is 0. The number of imidazole rings is 2. The average Bonchev–Trinajstić information content (AvgIpc) is 2.55. The normalized spacial score (nSPS) is 10.2. The average molecular weight is 150 g/mol. The summed E-state index contributed by atoms with van der Waals surface area (Å²) in [6, 6.07) is 0. The molecule has 0 saturated carbocycles. The Morgan fingerprint density at radius 1 is 1.36 bits per heavy atom. The molecule has 0 amide bonds. The molecule has 2 aromatic rings. The molecule has 0 saturated heterocycles. The molecule has 11 heavy (non-hydrogen) atoms. The van der Waals surface area contributed by atoms with Crippen LogP contribution in [0.15, 0.2) is 29.6 Å². The second-order valence-electron chi connectivity index (χ2n) is 2.05. The van der Waals surface area contributed by atoms with Crippen LogP contribution in [0.25, 0.3) is 5.95 Å². The lowest BCUT2D eigenvalue weighted by molar-refractivity contribution is 0.913. The highest BCUT2D eigenvalue weighted by Crippen LogP contribution is 1.92. The summed E-state index contributed by atoms with van der Waals surface area (Å²) in [4.78, 5) is 20.2. The molecule has 0 unspecified atom stereocenters. The SMILES string of the molecule is O=c1[nH]ccn1-c1ncc[nH]1. The van der Waals surface area contributed by atoms with Gasteiger partial charge in [0.15, 0.2) is 0 Å². The molecule has 0 aliphatic carbocycles. The topological polar surface area (TPSA) is 66.5 Å². The third-order valence-corrected chi connectivity index (χ3v) is 1.36. The predicted octanol–water partition coefficient (Wildman–Crippen LogP) is -0.111. The van der Waals surface area contributed by atoms with Crippen molar-refractivity contribution in [1.29, 1.82) is 0 Å². The first-order chi connectivity index (χ1) is 5.38. The predicted molar refractivity (Wildman–Crippen MR) is 38.5 cm³/mol. The molecule has 0 radical (unpaired) electrons. The maximum atomic E-state index is 11.0. The summed E-state index contributed by atoms with van der Waals surface area (Å²) >= 11 is 0. The van der Waals surface area contributed by atoms with Crippen LogP contribution in [-0.2, 0) is 0 Å². The van der Waals surface area contributed by atoms with Gasteiger partial charge >= 0.3 is 5.69 Å². The second-order valence-corrected chi connectivity index (χ2v) is 2.05. The van der Waals surface area contributed by atoms with Gasteiger partial charge in [0.1, 0.15) is 0 Å². The minimum Gasteiger partial charge on any atom is -0.330 e. The second kappa shape index (κ2) is 2.12. The smallest absolute Gasteiger partial charge is 0.330 e. The number of aromatic amines is 2. The van der Waals surface area contributed by atoms with E-state index in [0.29, 0.717) is 5.95 Å². The van der Waals surface area contributed by atoms with E-state index in [2.05, 4.69) is 15.0 Å². The molecule has 0 atom stereocenters. The van der Waals surface area contributed by atoms with Crippen molar-refractivity contribution in [2.24, 2.45) is 0 Å². The van der Waals surface area contributed by atoms with Crippen molar-refractivity contribution < 1.29 is 0 Å². The molecule has 0 aromatic carbocycles. The van der Waals surface area contributed by atoms with Crippen LogP contribution < -0.4 is 5.69 Å². The van der Waals surface area contributed by atoms with Crippen molar-refractivity contribution >= 4 is 0 Å². The van der Waals surface area contributed by atoms with Crippen LogP contribution in [0.2, 0.25) is 0 Å². The van der Waals surface area contributed by atoms with Crippen LogP contribution in [0.4, 0.5) is 0 Å². The van der Waals surface area contributed by atoms with E-state index in [9.17, 15) is 4.79 Å². The van der Waals surface area contributed by atoms with Crippen LogP contribution in [0, 0.1) is 0 Å². The van der Waals surface area contributed by atoms with Gasteiger partial charge in [-0.25, -0.2) is 14.3 Å². The van der Waals surface area contributed by atoms with Gasteiger partial charge < -0.3 is 9.97 Å². The first-order valence-corrected chi connectivity index (χ1v) is 3.14. The first-order valence-electron chi connectivity index (χ1n) is 3.14. The van der Waals surface area contributed by atoms with Crippen molar-refractivity contribution in [3.63, 3.8) is 0 Å². The number of hydrogen-bond acceptors (Lipinski definition) is 2. The fourth-order valence-electron chi connectivity index (χ4n) is 0.876. The molecule has 56 valence electrons. The van der Waals surface area contributed by atoms with Crippen LogP contribution >= 0.6 is 0 Å². The zero-order valence-electron chi connectivity index (χ0n) is 5.61. The Bertz CT molecular complexity index is 383. The van der Waals surface area contributed by atoms with E-state index in [4.69, 9.17) is 0 Å². The molecule has 0 aliphatic rings. The molecule has 0 aliphatic heterocycles. The van der Waals surface area contributed by atoms with Gasteiger partial charge in [0.25, 0.3) is 0 Å². The van der Waals surface area contributed by atoms with E-state index >= 15 is 0 Å². The first kappa shape index (κ1) is 5.96. The number of H-pyrrole nitrogens is 2. The van der Waals surface area contributed by atoms with Crippen LogP contribution in [0.3, 0.4) is 0 Å². The van der Waals surface area contributed by atoms with Crippen molar-refractivity contribution in [2.45, 2.75) is 0 Å². The highest BCUT2D eigenvalue weighted by Gasteiger charge is 1.98. The number of aromatic nitrogens is 4. The van der Waals surface area contributed by atoms with E-state index in [0.717, 1.165) is 0 Å². The zero-order valence-corrected chi connectivity index (χ0v) is 5.61. The third kappa shape index (κ3) is 0.861. The quantitative estimate of drug-likeness (QED) is 0.595. The number of nitrogens with zero attached hydrogens (tertiary/aromatic N) is 2. The number of rotatable bonds is 1. The van der Waals surface area contributed by atoms with Crippen LogP contribution in [-0.4, -0.2) is 19.5 Å². The summed E-state index contributed by atoms with van der Waals surface area (Å²) < 4.78 is 1.39. The highest BCUT2D eigenvalue weighted by atomic mass is 16.1. The molecule has 2 N–H and O–H groups in total. The van der Waals surface area contributed by atoms with Gasteiger partial charge in [0, 0.05) is 24.8 Å². The van der Waals surface area contributed by atoms with Crippen molar-refractivity contribution in [3.05, 3.63) is 35.3 Å². The van der Waals surface area contributed by atoms with Gasteiger partial charge in [-0.05, 0) is 0 Å². The van der Waals surface area contributed by atoms with E-state index in [1.165, 1.54) is 4.57 Å². The largest absolute Gasteiger partial charge is 0.332 e. The molecular weight excluding hydrogens is 144 g/mol. The van der Waals surface area contributed by atoms with Gasteiger partial charge in [0.05, 0.1) is 0 Å². The monoisotopic (exact) mass is 150 g/mol. The van der Waals surface area contributed by atoms with Crippen molar-refractivity contribution in [1.82, 2.24) is 19.5 Å². The Morgan fingerprint density at radius 2 is 2.27 bits per heavy atom. The molecule has 0 fully saturated rings. The van der Waals surface area contributed by atoms with Crippen LogP contribution in [0.1, 0.15) is 0 Å². The Hall–Kier alpha value is -1.78. The minimum atomic E-state index is -0.194. The Balaban J connectivity index is 2.62. The molecule has 5 heteroatoms. The van der Waals surface area contributed by atoms with Gasteiger partial charge in [-0.3, -0.25) is 0 Å². The van der Waals surface area contributed by atoms with E-state index in [1.54, 1.807) is 24.8 Å².